The number of aliphatic hydroxyl groups excluding tert-OH is 1. The van der Waals surface area contributed by atoms with E-state index in [1.54, 1.807) is 0 Å². The van der Waals surface area contributed by atoms with Crippen LogP contribution in [-0.2, 0) is 6.54 Å². The van der Waals surface area contributed by atoms with Crippen molar-refractivity contribution in [2.24, 2.45) is 0 Å². The van der Waals surface area contributed by atoms with Crippen LogP contribution in [0.1, 0.15) is 36.8 Å². The zero-order valence-corrected chi connectivity index (χ0v) is 12.1. The normalized spacial score (nSPS) is 18.2. The number of benzene rings is 1. The van der Waals surface area contributed by atoms with Crippen LogP contribution in [0, 0.1) is 11.3 Å². The predicted octanol–water partition coefficient (Wildman–Crippen LogP) is 2.02. The Morgan fingerprint density at radius 3 is 3.05 bits per heavy atom. The van der Waals surface area contributed by atoms with Crippen LogP contribution in [0.2, 0.25) is 0 Å². The summed E-state index contributed by atoms with van der Waals surface area (Å²) in [4.78, 5) is 2.34. The first kappa shape index (κ1) is 14.8. The minimum absolute atomic E-state index is 0.247. The lowest BCUT2D eigenvalue weighted by Crippen LogP contribution is -2.30. The van der Waals surface area contributed by atoms with Crippen LogP contribution >= 0.6 is 0 Å². The molecule has 108 valence electrons. The van der Waals surface area contributed by atoms with Crippen LogP contribution in [0.25, 0.3) is 0 Å². The maximum atomic E-state index is 9.40. The van der Waals surface area contributed by atoms with Crippen LogP contribution in [0.4, 0.5) is 5.69 Å². The van der Waals surface area contributed by atoms with Crippen LogP contribution in [0.15, 0.2) is 18.2 Å². The van der Waals surface area contributed by atoms with Gasteiger partial charge in [0.15, 0.2) is 0 Å². The highest BCUT2D eigenvalue weighted by molar-refractivity contribution is 5.61. The van der Waals surface area contributed by atoms with Gasteiger partial charge in [-0.15, -0.1) is 0 Å². The number of hydrogen-bond acceptors (Lipinski definition) is 4. The maximum Gasteiger partial charge on any atom is 0.101 e. The fourth-order valence-corrected chi connectivity index (χ4v) is 3.02. The largest absolute Gasteiger partial charge is 0.396 e. The van der Waals surface area contributed by atoms with Crippen molar-refractivity contribution >= 4 is 5.69 Å². The molecule has 1 heterocycles. The maximum absolute atomic E-state index is 9.40. The Hall–Kier alpha value is -1.57. The highest BCUT2D eigenvalue weighted by Gasteiger charge is 2.25. The van der Waals surface area contributed by atoms with Crippen LogP contribution in [0.5, 0.6) is 0 Å². The Labute approximate surface area is 121 Å². The molecule has 0 bridgehead atoms. The predicted molar refractivity (Wildman–Crippen MR) is 80.6 cm³/mol. The molecule has 2 N–H and O–H groups in total. The van der Waals surface area contributed by atoms with E-state index in [2.05, 4.69) is 28.4 Å². The van der Waals surface area contributed by atoms with E-state index in [0.29, 0.717) is 6.04 Å². The Morgan fingerprint density at radius 1 is 1.50 bits per heavy atom. The highest BCUT2D eigenvalue weighted by atomic mass is 16.2. The molecular formula is C16H23N3O. The summed E-state index contributed by atoms with van der Waals surface area (Å²) in [5.41, 5.74) is 2.94. The average molecular weight is 273 g/mol. The molecular weight excluding hydrogens is 250 g/mol. The third kappa shape index (κ3) is 3.30. The van der Waals surface area contributed by atoms with Gasteiger partial charge in [-0.25, -0.2) is 0 Å². The number of hydrogen-bond donors (Lipinski definition) is 2. The molecule has 0 aliphatic carbocycles. The lowest BCUT2D eigenvalue weighted by molar-refractivity contribution is 0.279. The van der Waals surface area contributed by atoms with Crippen LogP contribution < -0.4 is 10.2 Å². The Balaban J connectivity index is 2.20. The van der Waals surface area contributed by atoms with E-state index in [1.807, 2.05) is 13.1 Å². The summed E-state index contributed by atoms with van der Waals surface area (Å²) in [5, 5.41) is 21.5. The van der Waals surface area contributed by atoms with Crippen molar-refractivity contribution in [3.05, 3.63) is 29.3 Å². The van der Waals surface area contributed by atoms with Gasteiger partial charge in [-0.3, -0.25) is 0 Å². The lowest BCUT2D eigenvalue weighted by Gasteiger charge is -2.28. The summed E-state index contributed by atoms with van der Waals surface area (Å²) in [6, 6.07) is 8.93. The van der Waals surface area contributed by atoms with Gasteiger partial charge < -0.3 is 15.3 Å². The van der Waals surface area contributed by atoms with Gasteiger partial charge in [0.05, 0.1) is 11.3 Å². The fraction of sp³-hybridized carbons (Fsp3) is 0.562. The summed E-state index contributed by atoms with van der Waals surface area (Å²) in [6.45, 7) is 2.04. The molecule has 0 aromatic heterocycles. The molecule has 0 spiro atoms. The van der Waals surface area contributed by atoms with E-state index in [4.69, 9.17) is 5.11 Å². The Kier molecular flexibility index (Phi) is 5.40. The van der Waals surface area contributed by atoms with E-state index in [0.717, 1.165) is 49.2 Å². The Bertz CT molecular complexity index is 481. The molecule has 1 saturated heterocycles. The number of nitrogens with zero attached hydrogens (tertiary/aromatic N) is 2. The van der Waals surface area contributed by atoms with Crippen molar-refractivity contribution in [3.63, 3.8) is 0 Å². The molecule has 4 heteroatoms. The number of nitriles is 1. The summed E-state index contributed by atoms with van der Waals surface area (Å²) in [6.07, 6.45) is 4.16. The van der Waals surface area contributed by atoms with Gasteiger partial charge in [0.1, 0.15) is 6.07 Å². The first-order valence-electron chi connectivity index (χ1n) is 7.35. The lowest BCUT2D eigenvalue weighted by atomic mass is 10.1. The van der Waals surface area contributed by atoms with E-state index in [1.165, 1.54) is 6.42 Å². The van der Waals surface area contributed by atoms with Crippen molar-refractivity contribution in [2.75, 3.05) is 25.1 Å². The summed E-state index contributed by atoms with van der Waals surface area (Å²) >= 11 is 0. The first-order valence-corrected chi connectivity index (χ1v) is 7.35. The topological polar surface area (TPSA) is 59.3 Å². The second kappa shape index (κ2) is 7.28. The molecule has 1 fully saturated rings. The summed E-state index contributed by atoms with van der Waals surface area (Å²) < 4.78 is 0. The van der Waals surface area contributed by atoms with Crippen molar-refractivity contribution in [3.8, 4) is 6.07 Å². The zero-order valence-electron chi connectivity index (χ0n) is 12.1. The molecule has 1 aliphatic rings. The van der Waals surface area contributed by atoms with Crippen LogP contribution in [-0.4, -0.2) is 31.3 Å². The summed E-state index contributed by atoms with van der Waals surface area (Å²) in [5.74, 6) is 0. The quantitative estimate of drug-likeness (QED) is 0.832. The van der Waals surface area contributed by atoms with Gasteiger partial charge in [0.25, 0.3) is 0 Å². The average Bonchev–Trinajstić information content (AvgIpc) is 2.93. The van der Waals surface area contributed by atoms with Crippen molar-refractivity contribution in [1.82, 2.24) is 5.32 Å². The minimum atomic E-state index is 0.247. The SMILES string of the molecule is CNCc1ccc(N2CCCC2CCCO)c(C#N)c1. The smallest absolute Gasteiger partial charge is 0.101 e. The van der Waals surface area contributed by atoms with Gasteiger partial charge in [-0.05, 0) is 50.4 Å². The molecule has 1 aliphatic heterocycles. The summed E-state index contributed by atoms with van der Waals surface area (Å²) in [7, 11) is 1.91. The molecule has 1 atom stereocenters. The molecule has 4 nitrogen and oxygen atoms in total. The van der Waals surface area contributed by atoms with Crippen LogP contribution in [0.3, 0.4) is 0 Å². The van der Waals surface area contributed by atoms with Gasteiger partial charge in [-0.1, -0.05) is 6.07 Å². The third-order valence-corrected chi connectivity index (χ3v) is 3.94. The number of anilines is 1. The van der Waals surface area contributed by atoms with E-state index < -0.39 is 0 Å². The molecule has 1 aromatic carbocycles. The van der Waals surface area contributed by atoms with E-state index >= 15 is 0 Å². The van der Waals surface area contributed by atoms with Crippen molar-refractivity contribution in [2.45, 2.75) is 38.3 Å². The Morgan fingerprint density at radius 2 is 2.35 bits per heavy atom. The molecule has 2 rings (SSSR count). The second-order valence-electron chi connectivity index (χ2n) is 5.35. The monoisotopic (exact) mass is 273 g/mol. The highest BCUT2D eigenvalue weighted by Crippen LogP contribution is 2.31. The standard InChI is InChI=1S/C16H23N3O/c1-18-12-13-6-7-16(14(10-13)11-17)19-8-2-4-15(19)5-3-9-20/h6-7,10,15,18,20H,2-5,8-9,12H2,1H3. The van der Waals surface area contributed by atoms with Crippen molar-refractivity contribution in [1.29, 1.82) is 5.26 Å². The molecule has 1 aromatic rings. The van der Waals surface area contributed by atoms with Gasteiger partial charge in [0, 0.05) is 25.7 Å². The second-order valence-corrected chi connectivity index (χ2v) is 5.35. The first-order chi connectivity index (χ1) is 9.80. The fourth-order valence-electron chi connectivity index (χ4n) is 3.02. The molecule has 20 heavy (non-hydrogen) atoms. The minimum Gasteiger partial charge on any atom is -0.396 e. The number of aliphatic hydroxyl groups is 1. The van der Waals surface area contributed by atoms with Crippen molar-refractivity contribution < 1.29 is 5.11 Å². The van der Waals surface area contributed by atoms with E-state index in [-0.39, 0.29) is 6.61 Å². The van der Waals surface area contributed by atoms with E-state index in [9.17, 15) is 5.26 Å². The van der Waals surface area contributed by atoms with Gasteiger partial charge in [-0.2, -0.15) is 5.26 Å². The third-order valence-electron chi connectivity index (χ3n) is 3.94. The number of nitrogens with one attached hydrogen (secondary N) is 1. The number of rotatable bonds is 6. The molecule has 0 saturated carbocycles. The van der Waals surface area contributed by atoms with Gasteiger partial charge in [0.2, 0.25) is 0 Å². The zero-order chi connectivity index (χ0) is 14.4. The molecule has 0 radical (unpaired) electrons. The molecule has 0 amide bonds. The molecule has 1 unspecified atom stereocenters. The van der Waals surface area contributed by atoms with Gasteiger partial charge >= 0.3 is 0 Å².